The molecule has 0 radical (unpaired) electrons. The van der Waals surface area contributed by atoms with Gasteiger partial charge in [-0.05, 0) is 351 Å². The summed E-state index contributed by atoms with van der Waals surface area (Å²) >= 11 is 0. The lowest BCUT2D eigenvalue weighted by Crippen LogP contribution is -2.15. The van der Waals surface area contributed by atoms with E-state index in [2.05, 4.69) is 518 Å². The maximum atomic E-state index is 2.44. The Bertz CT molecular complexity index is 9770. The van der Waals surface area contributed by atoms with E-state index in [9.17, 15) is 0 Å². The van der Waals surface area contributed by atoms with E-state index in [-0.39, 0.29) is 27.1 Å². The molecule has 0 unspecified atom stereocenters. The van der Waals surface area contributed by atoms with Gasteiger partial charge in [-0.15, -0.1) is 0 Å². The van der Waals surface area contributed by atoms with Crippen molar-refractivity contribution in [2.45, 2.75) is 96.3 Å². The van der Waals surface area contributed by atoms with E-state index in [0.717, 1.165) is 0 Å². The Labute approximate surface area is 835 Å². The van der Waals surface area contributed by atoms with E-state index in [1.807, 2.05) is 0 Å². The molecule has 0 nitrogen and oxygen atoms in total. The number of fused-ring (bicyclic) bond motifs is 39. The van der Waals surface area contributed by atoms with E-state index in [1.54, 1.807) is 0 Å². The van der Waals surface area contributed by atoms with Gasteiger partial charge in [0.2, 0.25) is 0 Å². The minimum atomic E-state index is -0.125. The van der Waals surface area contributed by atoms with Crippen molar-refractivity contribution in [1.29, 1.82) is 0 Å². The van der Waals surface area contributed by atoms with Crippen molar-refractivity contribution >= 4 is 118 Å². The van der Waals surface area contributed by atoms with Gasteiger partial charge in [0.15, 0.2) is 0 Å². The SMILES string of the molecule is CC1(C)c2ccc(-c3cccc(-c4cc5ccccc5c5ccccc45)c3)cc2-c2ccc3c4ccccc4c4ccccc4c3c21.CC1(C)c2ccccc2-c2cc(-c3cccc(-c4ccc5c(c4)-c4ccc6c7ccccc7c7ccccc7c6c4C5(C)C)c3)ccc21.CC1(C)c2ccccc2-c2ccc(-c3cccc(-c4ccc5c(c4)-c4ccc6c7ccccc7c7ccccc7c6c4C5(C)C)c3)cc21. The Morgan fingerprint density at radius 3 is 0.706 bits per heavy atom. The molecule has 0 atom stereocenters. The zero-order valence-corrected chi connectivity index (χ0v) is 82.2. The summed E-state index contributed by atoms with van der Waals surface area (Å²) in [6.07, 6.45) is 0. The van der Waals surface area contributed by atoms with Gasteiger partial charge in [-0.3, -0.25) is 0 Å². The summed E-state index contributed by atoms with van der Waals surface area (Å²) in [6.45, 7) is 23.9. The number of benzene rings is 25. The summed E-state index contributed by atoms with van der Waals surface area (Å²) in [5.41, 5.74) is 42.5. The summed E-state index contributed by atoms with van der Waals surface area (Å²) < 4.78 is 0. The van der Waals surface area contributed by atoms with Gasteiger partial charge in [0, 0.05) is 27.1 Å². The van der Waals surface area contributed by atoms with Gasteiger partial charge in [-0.25, -0.2) is 0 Å². The summed E-state index contributed by atoms with van der Waals surface area (Å²) in [4.78, 5) is 0. The van der Waals surface area contributed by atoms with Crippen LogP contribution in [0.3, 0.4) is 0 Å². The largest absolute Gasteiger partial charge is 0.0619 e. The molecule has 25 aromatic carbocycles. The van der Waals surface area contributed by atoms with Crippen molar-refractivity contribution in [2.24, 2.45) is 0 Å². The van der Waals surface area contributed by atoms with Crippen molar-refractivity contribution in [3.05, 3.63) is 505 Å². The quantitative estimate of drug-likeness (QED) is 0.146. The average molecular weight is 1820 g/mol. The third kappa shape index (κ3) is 12.5. The van der Waals surface area contributed by atoms with Gasteiger partial charge in [0.1, 0.15) is 0 Å². The van der Waals surface area contributed by atoms with Crippen molar-refractivity contribution in [3.63, 3.8) is 0 Å². The molecule has 0 bridgehead atoms. The predicted octanol–water partition coefficient (Wildman–Crippen LogP) is 39.3. The van der Waals surface area contributed by atoms with E-state index in [0.29, 0.717) is 0 Å². The maximum Gasteiger partial charge on any atom is 0.0165 e. The Morgan fingerprint density at radius 2 is 0.336 bits per heavy atom. The van der Waals surface area contributed by atoms with Crippen LogP contribution in [0.4, 0.5) is 0 Å². The zero-order valence-electron chi connectivity index (χ0n) is 82.2. The molecule has 5 aliphatic carbocycles. The summed E-state index contributed by atoms with van der Waals surface area (Å²) in [5, 5.41) is 29.4. The molecule has 0 heterocycles. The van der Waals surface area contributed by atoms with Gasteiger partial charge in [-0.1, -0.05) is 464 Å². The topological polar surface area (TPSA) is 0 Å². The van der Waals surface area contributed by atoms with Crippen LogP contribution in [0.1, 0.15) is 125 Å². The van der Waals surface area contributed by atoms with Gasteiger partial charge in [0.25, 0.3) is 0 Å². The van der Waals surface area contributed by atoms with Crippen LogP contribution >= 0.6 is 0 Å². The Kier molecular flexibility index (Phi) is 18.4. The van der Waals surface area contributed by atoms with Gasteiger partial charge in [0.05, 0.1) is 0 Å². The molecular formula is C143H104. The van der Waals surface area contributed by atoms with Crippen molar-refractivity contribution < 1.29 is 0 Å². The smallest absolute Gasteiger partial charge is 0.0165 e. The van der Waals surface area contributed by atoms with Crippen LogP contribution in [0.15, 0.2) is 449 Å². The van der Waals surface area contributed by atoms with Crippen LogP contribution in [0, 0.1) is 0 Å². The van der Waals surface area contributed by atoms with Gasteiger partial charge < -0.3 is 0 Å². The van der Waals surface area contributed by atoms with Crippen LogP contribution in [0.5, 0.6) is 0 Å². The van der Waals surface area contributed by atoms with E-state index >= 15 is 0 Å². The Morgan fingerprint density at radius 1 is 0.112 bits per heavy atom. The third-order valence-corrected chi connectivity index (χ3v) is 34.1. The zero-order chi connectivity index (χ0) is 96.0. The third-order valence-electron chi connectivity index (χ3n) is 34.1. The summed E-state index contributed by atoms with van der Waals surface area (Å²) in [6, 6.07) is 168. The number of hydrogen-bond acceptors (Lipinski definition) is 0. The molecule has 676 valence electrons. The first-order valence-corrected chi connectivity index (χ1v) is 51.0. The summed E-state index contributed by atoms with van der Waals surface area (Å²) in [7, 11) is 0. The average Bonchev–Trinajstić information content (AvgIpc) is 1.63. The Hall–Kier alpha value is -16.6. The molecular weight excluding hydrogens is 1720 g/mol. The molecule has 0 aromatic heterocycles. The molecule has 0 aliphatic heterocycles. The normalized spacial score (nSPS) is 14.5. The highest BCUT2D eigenvalue weighted by Crippen LogP contribution is 2.61. The van der Waals surface area contributed by atoms with Crippen LogP contribution in [-0.2, 0) is 27.1 Å². The lowest BCUT2D eigenvalue weighted by Gasteiger charge is -2.24. The maximum absolute atomic E-state index is 2.44. The van der Waals surface area contributed by atoms with E-state index < -0.39 is 0 Å². The second kappa shape index (κ2) is 31.2. The molecule has 25 aromatic rings. The lowest BCUT2D eigenvalue weighted by molar-refractivity contribution is 0.660. The second-order valence-electron chi connectivity index (χ2n) is 43.5. The molecule has 5 aliphatic rings. The predicted molar refractivity (Wildman–Crippen MR) is 612 cm³/mol. The molecule has 0 spiro atoms. The van der Waals surface area contributed by atoms with Gasteiger partial charge >= 0.3 is 0 Å². The number of rotatable bonds is 6. The molecule has 0 saturated heterocycles. The first-order chi connectivity index (χ1) is 69.7. The fourth-order valence-corrected chi connectivity index (χ4v) is 27.2. The van der Waals surface area contributed by atoms with Crippen LogP contribution in [0.25, 0.3) is 241 Å². The first kappa shape index (κ1) is 84.4. The number of hydrogen-bond donors (Lipinski definition) is 0. The standard InChI is InChI=1S/2C48H36.C47H32/c1-47(2)42-19-10-9-17-36(42)40-27-31(20-24-43(40)47)29-12-11-13-30(26-29)32-21-25-44-41(28-32)39-23-22-38-35-16-6-5-14-33(35)34-15-7-8-18-37(34)45(38)46(39)48(44,3)4;1-47(2)42-19-10-9-17-36(42)37-22-20-32(28-44(37)47)30-13-11-12-29(26-30)31-21-25-43-41(27-31)40-24-23-39-35-16-6-5-14-33(35)34-15-7-8-18-38(34)45(39)46(40)48(43,3)4;1-47(2)44-25-22-30(29-13-11-14-31(26-29)42-28-32-12-3-4-15-33(32)34-16-5-8-20-38(34)42)27-43(44)41-24-23-40-37-19-7-6-17-35(37)36-18-9-10-21-39(36)45(40)46(41)47/h2*5-28H,1-4H3;3-28H,1-2H3. The fraction of sp³-hybridized carbons (Fsp3) is 0.105. The molecule has 0 amide bonds. The van der Waals surface area contributed by atoms with Crippen LogP contribution in [-0.4, -0.2) is 0 Å². The van der Waals surface area contributed by atoms with E-state index in [4.69, 9.17) is 0 Å². The monoisotopic (exact) mass is 1820 g/mol. The highest BCUT2D eigenvalue weighted by Gasteiger charge is 2.43. The highest BCUT2D eigenvalue weighted by atomic mass is 14.5. The molecule has 30 rings (SSSR count). The Balaban J connectivity index is 0.000000105. The second-order valence-corrected chi connectivity index (χ2v) is 43.5. The minimum Gasteiger partial charge on any atom is -0.0619 e. The molecule has 0 heteroatoms. The molecule has 0 saturated carbocycles. The van der Waals surface area contributed by atoms with Crippen LogP contribution < -0.4 is 0 Å². The molecule has 0 N–H and O–H groups in total. The fourth-order valence-electron chi connectivity index (χ4n) is 27.2. The molecule has 143 heavy (non-hydrogen) atoms. The van der Waals surface area contributed by atoms with E-state index in [1.165, 1.54) is 297 Å². The van der Waals surface area contributed by atoms with Crippen molar-refractivity contribution in [3.8, 4) is 122 Å². The van der Waals surface area contributed by atoms with Crippen molar-refractivity contribution in [2.75, 3.05) is 0 Å². The first-order valence-electron chi connectivity index (χ1n) is 51.0. The summed E-state index contributed by atoms with van der Waals surface area (Å²) in [5.74, 6) is 0. The van der Waals surface area contributed by atoms with Gasteiger partial charge in [-0.2, -0.15) is 0 Å². The highest BCUT2D eigenvalue weighted by molar-refractivity contribution is 6.31. The van der Waals surface area contributed by atoms with Crippen molar-refractivity contribution in [1.82, 2.24) is 0 Å². The minimum absolute atomic E-state index is 0.0124. The molecule has 0 fully saturated rings. The van der Waals surface area contributed by atoms with Crippen LogP contribution in [0.2, 0.25) is 0 Å². The lowest BCUT2D eigenvalue weighted by atomic mass is 9.78.